The van der Waals surface area contributed by atoms with Crippen LogP contribution < -0.4 is 15.4 Å². The molecule has 0 bridgehead atoms. The number of nitrogens with zero attached hydrogens (tertiary/aromatic N) is 1. The van der Waals surface area contributed by atoms with Gasteiger partial charge in [0.1, 0.15) is 30.0 Å². The average Bonchev–Trinajstić information content (AvgIpc) is 3.29. The molecule has 11 nitrogen and oxygen atoms in total. The fourth-order valence-corrected chi connectivity index (χ4v) is 5.03. The molecule has 0 aromatic heterocycles. The van der Waals surface area contributed by atoms with E-state index >= 15 is 0 Å². The van der Waals surface area contributed by atoms with Gasteiger partial charge in [-0.2, -0.15) is 0 Å². The van der Waals surface area contributed by atoms with Gasteiger partial charge in [0.25, 0.3) is 0 Å². The summed E-state index contributed by atoms with van der Waals surface area (Å²) in [5, 5.41) is 19.3. The lowest BCUT2D eigenvalue weighted by molar-refractivity contribution is -0.156. The number of aliphatic carboxylic acids is 2. The van der Waals surface area contributed by atoms with Gasteiger partial charge in [-0.1, -0.05) is 48.5 Å². The molecule has 1 aliphatic rings. The standard InChI is InChI=1S/C33H36N2O9/c1-33(2,3)44-31(40)27(34)16-17-42-21-14-12-20(13-15-21)35(28(30(38)39)18-29(36)37)32(41)43-19-26-24-10-6-4-8-22(24)23-9-5-7-11-25(23)26/h4-15,26-28H,16-19,34H2,1-3H3,(H,36,37)(H,38,39)/t27?,28-/m0/s1. The Morgan fingerprint density at radius 2 is 1.45 bits per heavy atom. The SMILES string of the molecule is CC(C)(C)OC(=O)C(N)CCOc1ccc(N(C(=O)OCC2c3ccccc3-c3ccccc32)[C@@H](CC(=O)O)C(=O)O)cc1. The number of carbonyl (C=O) groups is 4. The maximum absolute atomic E-state index is 13.5. The van der Waals surface area contributed by atoms with Gasteiger partial charge in [0.2, 0.25) is 0 Å². The first kappa shape index (κ1) is 32.0. The van der Waals surface area contributed by atoms with Crippen molar-refractivity contribution >= 4 is 29.7 Å². The number of hydrogen-bond donors (Lipinski definition) is 3. The highest BCUT2D eigenvalue weighted by atomic mass is 16.6. The van der Waals surface area contributed by atoms with Crippen LogP contribution in [0.5, 0.6) is 5.75 Å². The number of hydrogen-bond acceptors (Lipinski definition) is 8. The molecule has 0 saturated carbocycles. The van der Waals surface area contributed by atoms with Crippen molar-refractivity contribution < 1.29 is 43.6 Å². The van der Waals surface area contributed by atoms with Gasteiger partial charge in [0, 0.05) is 18.0 Å². The van der Waals surface area contributed by atoms with Crippen molar-refractivity contribution in [2.45, 2.75) is 57.2 Å². The van der Waals surface area contributed by atoms with E-state index in [2.05, 4.69) is 0 Å². The van der Waals surface area contributed by atoms with Crippen molar-refractivity contribution in [3.8, 4) is 16.9 Å². The highest BCUT2D eigenvalue weighted by molar-refractivity contribution is 5.97. The van der Waals surface area contributed by atoms with Crippen LogP contribution in [0, 0.1) is 0 Å². The third-order valence-electron chi connectivity index (χ3n) is 7.02. The van der Waals surface area contributed by atoms with E-state index in [1.807, 2.05) is 48.5 Å². The first-order valence-corrected chi connectivity index (χ1v) is 14.2. The van der Waals surface area contributed by atoms with Gasteiger partial charge < -0.3 is 30.2 Å². The van der Waals surface area contributed by atoms with Crippen LogP contribution in [-0.2, 0) is 23.9 Å². The van der Waals surface area contributed by atoms with Crippen LogP contribution in [0.25, 0.3) is 11.1 Å². The van der Waals surface area contributed by atoms with Gasteiger partial charge in [-0.3, -0.25) is 14.5 Å². The summed E-state index contributed by atoms with van der Waals surface area (Å²) in [6, 6.07) is 18.8. The van der Waals surface area contributed by atoms with Crippen LogP contribution in [0.2, 0.25) is 0 Å². The van der Waals surface area contributed by atoms with E-state index in [4.69, 9.17) is 19.9 Å². The van der Waals surface area contributed by atoms with Crippen LogP contribution in [0.4, 0.5) is 10.5 Å². The number of amides is 1. The summed E-state index contributed by atoms with van der Waals surface area (Å²) in [5.41, 5.74) is 9.33. The normalized spacial score (nSPS) is 13.6. The van der Waals surface area contributed by atoms with Crippen molar-refractivity contribution in [2.75, 3.05) is 18.1 Å². The first-order valence-electron chi connectivity index (χ1n) is 14.2. The maximum atomic E-state index is 13.5. The fraction of sp³-hybridized carbons (Fsp3) is 0.333. The number of benzene rings is 3. The monoisotopic (exact) mass is 604 g/mol. The van der Waals surface area contributed by atoms with Crippen LogP contribution in [0.3, 0.4) is 0 Å². The summed E-state index contributed by atoms with van der Waals surface area (Å²) in [6.45, 7) is 5.24. The van der Waals surface area contributed by atoms with E-state index in [0.29, 0.717) is 5.75 Å². The molecule has 2 atom stereocenters. The zero-order valence-corrected chi connectivity index (χ0v) is 24.8. The second-order valence-electron chi connectivity index (χ2n) is 11.4. The molecule has 44 heavy (non-hydrogen) atoms. The lowest BCUT2D eigenvalue weighted by atomic mass is 9.98. The first-order chi connectivity index (χ1) is 20.9. The summed E-state index contributed by atoms with van der Waals surface area (Å²) in [6.07, 6.45) is -1.67. The maximum Gasteiger partial charge on any atom is 0.415 e. The third kappa shape index (κ3) is 7.73. The molecule has 0 aliphatic heterocycles. The number of esters is 1. The molecule has 232 valence electrons. The largest absolute Gasteiger partial charge is 0.494 e. The minimum absolute atomic E-state index is 0.0815. The highest BCUT2D eigenvalue weighted by Gasteiger charge is 2.36. The number of carboxylic acids is 2. The molecule has 3 aromatic carbocycles. The van der Waals surface area contributed by atoms with Crippen LogP contribution >= 0.6 is 0 Å². The molecule has 4 rings (SSSR count). The summed E-state index contributed by atoms with van der Waals surface area (Å²) in [4.78, 5) is 50.2. The molecule has 1 aliphatic carbocycles. The van der Waals surface area contributed by atoms with Gasteiger partial charge in [0.05, 0.1) is 13.0 Å². The molecule has 0 radical (unpaired) electrons. The van der Waals surface area contributed by atoms with Crippen LogP contribution in [0.1, 0.15) is 50.7 Å². The zero-order chi connectivity index (χ0) is 32.0. The quantitative estimate of drug-likeness (QED) is 0.244. The lowest BCUT2D eigenvalue weighted by Gasteiger charge is -2.28. The Kier molecular flexibility index (Phi) is 9.90. The van der Waals surface area contributed by atoms with Crippen molar-refractivity contribution in [2.24, 2.45) is 5.73 Å². The van der Waals surface area contributed by atoms with Gasteiger partial charge >= 0.3 is 24.0 Å². The Labute approximate surface area is 255 Å². The predicted octanol–water partition coefficient (Wildman–Crippen LogP) is 4.81. The third-order valence-corrected chi connectivity index (χ3v) is 7.02. The Morgan fingerprint density at radius 1 is 0.886 bits per heavy atom. The summed E-state index contributed by atoms with van der Waals surface area (Å²) in [7, 11) is 0. The molecule has 4 N–H and O–H groups in total. The molecule has 0 spiro atoms. The van der Waals surface area contributed by atoms with E-state index in [9.17, 15) is 29.4 Å². The second-order valence-corrected chi connectivity index (χ2v) is 11.4. The number of carbonyl (C=O) groups excluding carboxylic acids is 2. The van der Waals surface area contributed by atoms with Crippen LogP contribution in [0.15, 0.2) is 72.8 Å². The molecule has 1 unspecified atom stereocenters. The molecular formula is C33H36N2O9. The number of rotatable bonds is 12. The molecular weight excluding hydrogens is 568 g/mol. The smallest absolute Gasteiger partial charge is 0.415 e. The molecule has 11 heteroatoms. The number of anilines is 1. The van der Waals surface area contributed by atoms with Crippen molar-refractivity contribution in [3.05, 3.63) is 83.9 Å². The Balaban J connectivity index is 1.49. The second kappa shape index (κ2) is 13.6. The summed E-state index contributed by atoms with van der Waals surface area (Å²) in [5.74, 6) is -3.36. The topological polar surface area (TPSA) is 166 Å². The lowest BCUT2D eigenvalue weighted by Crippen LogP contribution is -2.47. The molecule has 0 saturated heterocycles. The average molecular weight is 605 g/mol. The number of carboxylic acid groups (broad SMARTS) is 2. The van der Waals surface area contributed by atoms with Gasteiger partial charge in [-0.15, -0.1) is 0 Å². The Hall–Kier alpha value is -4.90. The van der Waals surface area contributed by atoms with Gasteiger partial charge in [-0.05, 0) is 67.3 Å². The minimum Gasteiger partial charge on any atom is -0.494 e. The van der Waals surface area contributed by atoms with Crippen LogP contribution in [-0.4, -0.2) is 65.1 Å². The Bertz CT molecular complexity index is 1470. The van der Waals surface area contributed by atoms with Gasteiger partial charge in [-0.25, -0.2) is 9.59 Å². The van der Waals surface area contributed by atoms with Crippen molar-refractivity contribution in [1.29, 1.82) is 0 Å². The molecule has 1 amide bonds. The molecule has 3 aromatic rings. The highest BCUT2D eigenvalue weighted by Crippen LogP contribution is 2.44. The molecule has 0 heterocycles. The van der Waals surface area contributed by atoms with Crippen molar-refractivity contribution in [1.82, 2.24) is 0 Å². The van der Waals surface area contributed by atoms with Crippen molar-refractivity contribution in [3.63, 3.8) is 0 Å². The zero-order valence-electron chi connectivity index (χ0n) is 24.8. The van der Waals surface area contributed by atoms with Gasteiger partial charge in [0.15, 0.2) is 0 Å². The predicted molar refractivity (Wildman–Crippen MR) is 162 cm³/mol. The van der Waals surface area contributed by atoms with E-state index in [-0.39, 0.29) is 31.2 Å². The number of nitrogens with two attached hydrogens (primary N) is 1. The Morgan fingerprint density at radius 3 is 1.98 bits per heavy atom. The summed E-state index contributed by atoms with van der Waals surface area (Å²) < 4.78 is 16.6. The van der Waals surface area contributed by atoms with E-state index < -0.39 is 48.1 Å². The number of ether oxygens (including phenoxy) is 3. The molecule has 0 fully saturated rings. The van der Waals surface area contributed by atoms with E-state index in [1.54, 1.807) is 20.8 Å². The number of fused-ring (bicyclic) bond motifs is 3. The minimum atomic E-state index is -1.73. The fourth-order valence-electron chi connectivity index (χ4n) is 5.03. The summed E-state index contributed by atoms with van der Waals surface area (Å²) >= 11 is 0. The van der Waals surface area contributed by atoms with E-state index in [1.165, 1.54) is 24.3 Å². The van der Waals surface area contributed by atoms with E-state index in [0.717, 1.165) is 27.2 Å².